The lowest BCUT2D eigenvalue weighted by Gasteiger charge is -2.21. The summed E-state index contributed by atoms with van der Waals surface area (Å²) in [5, 5.41) is 3.83. The number of para-hydroxylation sites is 1. The van der Waals surface area contributed by atoms with Gasteiger partial charge in [-0.05, 0) is 74.9 Å². The van der Waals surface area contributed by atoms with Gasteiger partial charge in [0.2, 0.25) is 0 Å². The molecule has 2 aliphatic rings. The van der Waals surface area contributed by atoms with E-state index in [0.717, 1.165) is 18.9 Å². The van der Waals surface area contributed by atoms with E-state index in [1.807, 2.05) is 0 Å². The Hall–Kier alpha value is -1.80. The van der Waals surface area contributed by atoms with Crippen LogP contribution >= 0.6 is 0 Å². The second kappa shape index (κ2) is 6.98. The second-order valence-electron chi connectivity index (χ2n) is 7.49. The van der Waals surface area contributed by atoms with Gasteiger partial charge in [-0.1, -0.05) is 42.5 Å². The van der Waals surface area contributed by atoms with Crippen LogP contribution in [0.4, 0.5) is 5.69 Å². The van der Waals surface area contributed by atoms with Gasteiger partial charge in [-0.25, -0.2) is 0 Å². The number of likely N-dealkylation sites (tertiary alicyclic amines) is 1. The van der Waals surface area contributed by atoms with Gasteiger partial charge in [0.25, 0.3) is 0 Å². The molecule has 126 valence electrons. The molecule has 0 amide bonds. The van der Waals surface area contributed by atoms with Crippen molar-refractivity contribution in [2.45, 2.75) is 50.6 Å². The largest absolute Gasteiger partial charge is 0.381 e. The molecule has 0 spiro atoms. The van der Waals surface area contributed by atoms with Gasteiger partial charge in [0.15, 0.2) is 0 Å². The minimum Gasteiger partial charge on any atom is -0.381 e. The maximum Gasteiger partial charge on any atom is 0.0375 e. The Balaban J connectivity index is 1.41. The van der Waals surface area contributed by atoms with E-state index in [4.69, 9.17) is 0 Å². The molecule has 2 aromatic rings. The van der Waals surface area contributed by atoms with E-state index in [2.05, 4.69) is 65.8 Å². The minimum absolute atomic E-state index is 0.540. The molecule has 2 heteroatoms. The molecule has 1 heterocycles. The lowest BCUT2D eigenvalue weighted by atomic mass is 10.0. The molecule has 1 atom stereocenters. The highest BCUT2D eigenvalue weighted by molar-refractivity contribution is 5.53. The monoisotopic (exact) mass is 320 g/mol. The number of rotatable bonds is 5. The quantitative estimate of drug-likeness (QED) is 0.884. The maximum atomic E-state index is 3.83. The van der Waals surface area contributed by atoms with E-state index < -0.39 is 0 Å². The van der Waals surface area contributed by atoms with Crippen molar-refractivity contribution in [1.82, 2.24) is 4.90 Å². The molecule has 0 aromatic heterocycles. The van der Waals surface area contributed by atoms with E-state index in [1.165, 1.54) is 54.6 Å². The zero-order valence-electron chi connectivity index (χ0n) is 14.7. The molecule has 1 aliphatic carbocycles. The minimum atomic E-state index is 0.540. The van der Waals surface area contributed by atoms with Gasteiger partial charge in [-0.2, -0.15) is 0 Å². The Kier molecular flexibility index (Phi) is 4.57. The molecule has 24 heavy (non-hydrogen) atoms. The highest BCUT2D eigenvalue weighted by atomic mass is 15.1. The third-order valence-corrected chi connectivity index (χ3v) is 5.85. The smallest absolute Gasteiger partial charge is 0.0375 e. The highest BCUT2D eigenvalue weighted by Gasteiger charge is 2.23. The Morgan fingerprint density at radius 3 is 2.42 bits per heavy atom. The van der Waals surface area contributed by atoms with Crippen LogP contribution < -0.4 is 5.32 Å². The summed E-state index contributed by atoms with van der Waals surface area (Å²) in [7, 11) is 2.28. The molecule has 2 aromatic carbocycles. The van der Waals surface area contributed by atoms with Crippen molar-refractivity contribution in [2.75, 3.05) is 18.9 Å². The van der Waals surface area contributed by atoms with Gasteiger partial charge in [0.1, 0.15) is 0 Å². The third kappa shape index (κ3) is 3.34. The number of anilines is 1. The van der Waals surface area contributed by atoms with Crippen LogP contribution in [0.3, 0.4) is 0 Å². The molecule has 1 saturated heterocycles. The van der Waals surface area contributed by atoms with Crippen molar-refractivity contribution in [3.63, 3.8) is 0 Å². The Labute approximate surface area is 145 Å². The van der Waals surface area contributed by atoms with E-state index >= 15 is 0 Å². The van der Waals surface area contributed by atoms with Crippen LogP contribution in [-0.4, -0.2) is 30.6 Å². The molecule has 0 saturated carbocycles. The van der Waals surface area contributed by atoms with Crippen molar-refractivity contribution in [1.29, 1.82) is 0 Å². The van der Waals surface area contributed by atoms with Crippen LogP contribution in [0, 0.1) is 0 Å². The first-order valence-corrected chi connectivity index (χ1v) is 9.41. The van der Waals surface area contributed by atoms with E-state index in [9.17, 15) is 0 Å². The summed E-state index contributed by atoms with van der Waals surface area (Å²) in [5.74, 6) is 0. The number of nitrogens with one attached hydrogen (secondary N) is 1. The van der Waals surface area contributed by atoms with Gasteiger partial charge in [-0.15, -0.1) is 0 Å². The number of hydrogen-bond donors (Lipinski definition) is 1. The molecule has 1 fully saturated rings. The van der Waals surface area contributed by atoms with E-state index in [1.54, 1.807) is 0 Å². The number of fused-ring (bicyclic) bond motifs is 1. The van der Waals surface area contributed by atoms with Crippen molar-refractivity contribution in [3.8, 4) is 0 Å². The number of benzene rings is 2. The predicted molar refractivity (Wildman–Crippen MR) is 102 cm³/mol. The zero-order chi connectivity index (χ0) is 16.4. The van der Waals surface area contributed by atoms with Crippen molar-refractivity contribution in [3.05, 3.63) is 65.2 Å². The van der Waals surface area contributed by atoms with Gasteiger partial charge in [0.05, 0.1) is 0 Å². The molecule has 1 N–H and O–H groups in total. The standard InChI is InChI=1S/C22H28N2/c1-24-14-6-10-21(24)13-12-17-7-4-5-11-22(17)23-20-15-18-8-2-3-9-19(18)16-20/h2-5,7-9,11,20-21,23H,6,10,12-16H2,1H3. The fraction of sp³-hybridized carbons (Fsp3) is 0.455. The molecular weight excluding hydrogens is 292 g/mol. The second-order valence-corrected chi connectivity index (χ2v) is 7.49. The first-order chi connectivity index (χ1) is 11.8. The molecule has 1 aliphatic heterocycles. The van der Waals surface area contributed by atoms with Crippen LogP contribution in [0.25, 0.3) is 0 Å². The van der Waals surface area contributed by atoms with Crippen molar-refractivity contribution >= 4 is 5.69 Å². The SMILES string of the molecule is CN1CCCC1CCc1ccccc1NC1Cc2ccccc2C1. The molecule has 2 nitrogen and oxygen atoms in total. The molecule has 0 bridgehead atoms. The number of nitrogens with zero attached hydrogens (tertiary/aromatic N) is 1. The topological polar surface area (TPSA) is 15.3 Å². The molecule has 4 rings (SSSR count). The van der Waals surface area contributed by atoms with Crippen LogP contribution in [-0.2, 0) is 19.3 Å². The van der Waals surface area contributed by atoms with Gasteiger partial charge in [-0.3, -0.25) is 0 Å². The van der Waals surface area contributed by atoms with Gasteiger partial charge in [0, 0.05) is 17.8 Å². The summed E-state index contributed by atoms with van der Waals surface area (Å²) in [6.45, 7) is 1.27. The summed E-state index contributed by atoms with van der Waals surface area (Å²) in [6.07, 6.45) is 7.48. The fourth-order valence-electron chi connectivity index (χ4n) is 4.43. The van der Waals surface area contributed by atoms with Crippen LogP contribution in [0.2, 0.25) is 0 Å². The Morgan fingerprint density at radius 1 is 1.00 bits per heavy atom. The van der Waals surface area contributed by atoms with Crippen molar-refractivity contribution in [2.24, 2.45) is 0 Å². The first kappa shape index (κ1) is 15.7. The number of aryl methyl sites for hydroxylation is 1. The predicted octanol–water partition coefficient (Wildman–Crippen LogP) is 4.29. The van der Waals surface area contributed by atoms with E-state index in [-0.39, 0.29) is 0 Å². The van der Waals surface area contributed by atoms with Crippen molar-refractivity contribution < 1.29 is 0 Å². The summed E-state index contributed by atoms with van der Waals surface area (Å²) < 4.78 is 0. The van der Waals surface area contributed by atoms with Crippen LogP contribution in [0.5, 0.6) is 0 Å². The number of hydrogen-bond acceptors (Lipinski definition) is 2. The van der Waals surface area contributed by atoms with Crippen LogP contribution in [0.1, 0.15) is 36.0 Å². The normalized spacial score (nSPS) is 21.1. The average Bonchev–Trinajstić information content (AvgIpc) is 3.19. The maximum absolute atomic E-state index is 3.83. The van der Waals surface area contributed by atoms with E-state index in [0.29, 0.717) is 6.04 Å². The summed E-state index contributed by atoms with van der Waals surface area (Å²) >= 11 is 0. The fourth-order valence-corrected chi connectivity index (χ4v) is 4.43. The van der Waals surface area contributed by atoms with Gasteiger partial charge >= 0.3 is 0 Å². The lowest BCUT2D eigenvalue weighted by molar-refractivity contribution is 0.297. The summed E-state index contributed by atoms with van der Waals surface area (Å²) in [5.41, 5.74) is 5.85. The Bertz CT molecular complexity index is 669. The zero-order valence-corrected chi connectivity index (χ0v) is 14.7. The molecule has 1 unspecified atom stereocenters. The third-order valence-electron chi connectivity index (χ3n) is 5.85. The molecule has 0 radical (unpaired) electrons. The molecular formula is C22H28N2. The average molecular weight is 320 g/mol. The Morgan fingerprint density at radius 2 is 1.71 bits per heavy atom. The summed E-state index contributed by atoms with van der Waals surface area (Å²) in [4.78, 5) is 2.53. The van der Waals surface area contributed by atoms with Crippen LogP contribution in [0.15, 0.2) is 48.5 Å². The summed E-state index contributed by atoms with van der Waals surface area (Å²) in [6, 6.07) is 19.1. The van der Waals surface area contributed by atoms with Gasteiger partial charge < -0.3 is 10.2 Å². The lowest BCUT2D eigenvalue weighted by Crippen LogP contribution is -2.25. The first-order valence-electron chi connectivity index (χ1n) is 9.41. The highest BCUT2D eigenvalue weighted by Crippen LogP contribution is 2.27.